The van der Waals surface area contributed by atoms with E-state index in [0.29, 0.717) is 49.1 Å². The van der Waals surface area contributed by atoms with Crippen LogP contribution < -0.4 is 19.5 Å². The van der Waals surface area contributed by atoms with Gasteiger partial charge in [-0.3, -0.25) is 0 Å². The number of nitrogens with one attached hydrogen (secondary N) is 1. The average molecular weight is 537 g/mol. The molecule has 0 radical (unpaired) electrons. The van der Waals surface area contributed by atoms with Gasteiger partial charge in [0.05, 0.1) is 18.4 Å². The molecule has 10 heteroatoms. The van der Waals surface area contributed by atoms with Crippen molar-refractivity contribution in [3.63, 3.8) is 0 Å². The number of fused-ring (bicyclic) bond motifs is 1. The molecule has 200 valence electrons. The third-order valence-corrected chi connectivity index (χ3v) is 6.78. The van der Waals surface area contributed by atoms with Crippen LogP contribution in [0.25, 0.3) is 10.9 Å². The first-order valence-corrected chi connectivity index (χ1v) is 14.2. The molecule has 0 saturated carbocycles. The summed E-state index contributed by atoms with van der Waals surface area (Å²) in [6.45, 7) is 1.87. The second-order valence-electron chi connectivity index (χ2n) is 8.95. The van der Waals surface area contributed by atoms with Crippen LogP contribution in [0.4, 0.5) is 11.5 Å². The van der Waals surface area contributed by atoms with E-state index in [1.54, 1.807) is 7.11 Å². The maximum Gasteiger partial charge on any atom is 0.162 e. The standard InChI is InChI=1S/C28H32N4O5S/c1-32(14-16-38(3,33)34)13-15-36-27-17-24-25(18-26(27)35-2)29-20-30-28(24)31-22-9-11-23(12-10-22)37-19-21-7-5-4-6-8-21/h4-12,17-18,20H,13-16,19H2,1-3H3,(H,29,30,31). The lowest BCUT2D eigenvalue weighted by Crippen LogP contribution is -2.29. The summed E-state index contributed by atoms with van der Waals surface area (Å²) < 4.78 is 40.2. The number of sulfone groups is 1. The van der Waals surface area contributed by atoms with Gasteiger partial charge in [-0.15, -0.1) is 0 Å². The van der Waals surface area contributed by atoms with Crippen LogP contribution in [0.1, 0.15) is 5.56 Å². The van der Waals surface area contributed by atoms with Crippen LogP contribution in [0.3, 0.4) is 0 Å². The number of nitrogens with zero attached hydrogens (tertiary/aromatic N) is 3. The predicted octanol–water partition coefficient (Wildman–Crippen LogP) is 4.32. The van der Waals surface area contributed by atoms with Crippen molar-refractivity contribution in [1.29, 1.82) is 0 Å². The first-order chi connectivity index (χ1) is 18.3. The van der Waals surface area contributed by atoms with Gasteiger partial charge in [-0.1, -0.05) is 30.3 Å². The number of anilines is 2. The highest BCUT2D eigenvalue weighted by atomic mass is 32.2. The lowest BCUT2D eigenvalue weighted by atomic mass is 10.2. The highest BCUT2D eigenvalue weighted by Crippen LogP contribution is 2.35. The summed E-state index contributed by atoms with van der Waals surface area (Å²) in [4.78, 5) is 10.7. The van der Waals surface area contributed by atoms with Gasteiger partial charge in [-0.05, 0) is 42.9 Å². The van der Waals surface area contributed by atoms with Gasteiger partial charge in [-0.25, -0.2) is 18.4 Å². The minimum Gasteiger partial charge on any atom is -0.493 e. The molecule has 0 aliphatic rings. The Kier molecular flexibility index (Phi) is 8.98. The molecule has 0 amide bonds. The molecular formula is C28H32N4O5S. The van der Waals surface area contributed by atoms with Gasteiger partial charge in [0.25, 0.3) is 0 Å². The van der Waals surface area contributed by atoms with Crippen molar-refractivity contribution in [3.05, 3.63) is 78.6 Å². The Bertz CT molecular complexity index is 1450. The second-order valence-corrected chi connectivity index (χ2v) is 11.2. The highest BCUT2D eigenvalue weighted by molar-refractivity contribution is 7.90. The Hall–Kier alpha value is -3.89. The summed E-state index contributed by atoms with van der Waals surface area (Å²) in [7, 11) is 0.429. The number of likely N-dealkylation sites (N-methyl/N-ethyl adjacent to an activating group) is 1. The lowest BCUT2D eigenvalue weighted by molar-refractivity contribution is 0.236. The van der Waals surface area contributed by atoms with Gasteiger partial charge in [0.15, 0.2) is 11.5 Å². The summed E-state index contributed by atoms with van der Waals surface area (Å²) in [5.74, 6) is 2.62. The van der Waals surface area contributed by atoms with Crippen LogP contribution in [-0.4, -0.2) is 69.1 Å². The van der Waals surface area contributed by atoms with Crippen molar-refractivity contribution in [1.82, 2.24) is 14.9 Å². The molecular weight excluding hydrogens is 504 g/mol. The van der Waals surface area contributed by atoms with Crippen LogP contribution >= 0.6 is 0 Å². The maximum absolute atomic E-state index is 11.4. The van der Waals surface area contributed by atoms with Crippen molar-refractivity contribution in [2.45, 2.75) is 6.61 Å². The van der Waals surface area contributed by atoms with Crippen LogP contribution in [0, 0.1) is 0 Å². The molecule has 4 rings (SSSR count). The number of ether oxygens (including phenoxy) is 3. The molecule has 0 unspecified atom stereocenters. The van der Waals surface area contributed by atoms with E-state index in [1.807, 2.05) is 78.7 Å². The van der Waals surface area contributed by atoms with Crippen molar-refractivity contribution in [2.75, 3.05) is 51.2 Å². The van der Waals surface area contributed by atoms with Gasteiger partial charge >= 0.3 is 0 Å². The molecule has 0 fully saturated rings. The summed E-state index contributed by atoms with van der Waals surface area (Å²) in [6.07, 6.45) is 2.73. The second kappa shape index (κ2) is 12.6. The van der Waals surface area contributed by atoms with Crippen LogP contribution in [0.15, 0.2) is 73.1 Å². The van der Waals surface area contributed by atoms with Gasteiger partial charge in [0.2, 0.25) is 0 Å². The first kappa shape index (κ1) is 27.2. The number of rotatable bonds is 13. The van der Waals surface area contributed by atoms with Crippen LogP contribution in [0.2, 0.25) is 0 Å². The Morgan fingerprint density at radius 3 is 2.39 bits per heavy atom. The SMILES string of the molecule is COc1cc2ncnc(Nc3ccc(OCc4ccccc4)cc3)c2cc1OCCN(C)CCS(C)(=O)=O. The van der Waals surface area contributed by atoms with E-state index in [0.717, 1.165) is 22.4 Å². The summed E-state index contributed by atoms with van der Waals surface area (Å²) in [6, 6.07) is 21.4. The Morgan fingerprint density at radius 1 is 0.921 bits per heavy atom. The topological polar surface area (TPSA) is 103 Å². The lowest BCUT2D eigenvalue weighted by Gasteiger charge is -2.18. The molecule has 0 atom stereocenters. The van der Waals surface area contributed by atoms with E-state index in [2.05, 4.69) is 15.3 Å². The number of hydrogen-bond donors (Lipinski definition) is 1. The summed E-state index contributed by atoms with van der Waals surface area (Å²) in [5.41, 5.74) is 2.67. The van der Waals surface area contributed by atoms with Crippen molar-refractivity contribution < 1.29 is 22.6 Å². The number of aromatic nitrogens is 2. The molecule has 1 aromatic heterocycles. The predicted molar refractivity (Wildman–Crippen MR) is 149 cm³/mol. The number of benzene rings is 3. The summed E-state index contributed by atoms with van der Waals surface area (Å²) >= 11 is 0. The Labute approximate surface area is 223 Å². The molecule has 0 spiro atoms. The quantitative estimate of drug-likeness (QED) is 0.268. The number of methoxy groups -OCH3 is 1. The normalized spacial score (nSPS) is 11.5. The van der Waals surface area contributed by atoms with E-state index in [-0.39, 0.29) is 5.75 Å². The molecule has 9 nitrogen and oxygen atoms in total. The van der Waals surface area contributed by atoms with Gasteiger partial charge < -0.3 is 24.4 Å². The van der Waals surface area contributed by atoms with E-state index in [9.17, 15) is 8.42 Å². The van der Waals surface area contributed by atoms with Gasteiger partial charge in [0, 0.05) is 36.5 Å². The fraction of sp³-hybridized carbons (Fsp3) is 0.286. The zero-order chi connectivity index (χ0) is 27.0. The molecule has 1 N–H and O–H groups in total. The molecule has 3 aromatic carbocycles. The maximum atomic E-state index is 11.4. The first-order valence-electron chi connectivity index (χ1n) is 12.2. The van der Waals surface area contributed by atoms with E-state index in [4.69, 9.17) is 14.2 Å². The van der Waals surface area contributed by atoms with Crippen LogP contribution in [0.5, 0.6) is 17.2 Å². The smallest absolute Gasteiger partial charge is 0.162 e. The molecule has 0 saturated heterocycles. The molecule has 38 heavy (non-hydrogen) atoms. The third-order valence-electron chi connectivity index (χ3n) is 5.86. The van der Waals surface area contributed by atoms with E-state index < -0.39 is 9.84 Å². The number of hydrogen-bond acceptors (Lipinski definition) is 9. The monoisotopic (exact) mass is 536 g/mol. The molecule has 0 aliphatic carbocycles. The average Bonchev–Trinajstić information content (AvgIpc) is 2.91. The van der Waals surface area contributed by atoms with Crippen molar-refractivity contribution in [3.8, 4) is 17.2 Å². The van der Waals surface area contributed by atoms with Crippen molar-refractivity contribution in [2.24, 2.45) is 0 Å². The highest BCUT2D eigenvalue weighted by Gasteiger charge is 2.13. The minimum atomic E-state index is -3.01. The molecule has 0 aliphatic heterocycles. The fourth-order valence-corrected chi connectivity index (χ4v) is 4.34. The fourth-order valence-electron chi connectivity index (χ4n) is 3.69. The summed E-state index contributed by atoms with van der Waals surface area (Å²) in [5, 5.41) is 4.13. The molecule has 1 heterocycles. The van der Waals surface area contributed by atoms with Gasteiger partial charge in [-0.2, -0.15) is 0 Å². The third kappa shape index (κ3) is 7.80. The van der Waals surface area contributed by atoms with E-state index in [1.165, 1.54) is 12.6 Å². The Balaban J connectivity index is 1.43. The van der Waals surface area contributed by atoms with Gasteiger partial charge in [0.1, 0.15) is 40.9 Å². The Morgan fingerprint density at radius 2 is 1.68 bits per heavy atom. The molecule has 4 aromatic rings. The van der Waals surface area contributed by atoms with Crippen molar-refractivity contribution >= 4 is 32.2 Å². The van der Waals surface area contributed by atoms with E-state index >= 15 is 0 Å². The van der Waals surface area contributed by atoms with Crippen LogP contribution in [-0.2, 0) is 16.4 Å². The largest absolute Gasteiger partial charge is 0.493 e. The molecule has 0 bridgehead atoms. The zero-order valence-electron chi connectivity index (χ0n) is 21.8. The zero-order valence-corrected chi connectivity index (χ0v) is 22.6. The minimum absolute atomic E-state index is 0.106.